The average molecular weight is 136 g/mol. The fraction of sp³-hybridized carbons (Fsp3) is 1.00. The van der Waals surface area contributed by atoms with Crippen LogP contribution in [0, 0.1) is 0 Å². The lowest BCUT2D eigenvalue weighted by molar-refractivity contribution is 0.204. The van der Waals surface area contributed by atoms with Gasteiger partial charge in [0.15, 0.2) is 0 Å². The van der Waals surface area contributed by atoms with Gasteiger partial charge in [0.05, 0.1) is 6.23 Å². The lowest BCUT2D eigenvalue weighted by Crippen LogP contribution is -2.40. The fourth-order valence-corrected chi connectivity index (χ4v) is 0.637. The molecule has 0 radical (unpaired) electrons. The first-order chi connectivity index (χ1) is 3.68. The normalized spacial score (nSPS) is 12.0. The van der Waals surface area contributed by atoms with Gasteiger partial charge in [-0.1, -0.05) is 0 Å². The van der Waals surface area contributed by atoms with Crippen LogP contribution < -0.4 is 0 Å². The van der Waals surface area contributed by atoms with Crippen molar-refractivity contribution in [1.29, 1.82) is 0 Å². The van der Waals surface area contributed by atoms with E-state index in [4.69, 9.17) is 14.0 Å². The van der Waals surface area contributed by atoms with Crippen molar-refractivity contribution in [2.24, 2.45) is 0 Å². The molecule has 0 aromatic rings. The second kappa shape index (κ2) is 3.19. The summed E-state index contributed by atoms with van der Waals surface area (Å²) in [6.07, 6.45) is 0.0139. The van der Waals surface area contributed by atoms with E-state index in [0.29, 0.717) is 0 Å². The number of rotatable bonds is 3. The van der Waals surface area contributed by atoms with Crippen LogP contribution in [0.15, 0.2) is 0 Å². The Morgan fingerprint density at radius 2 is 1.75 bits per heavy atom. The Morgan fingerprint density at radius 3 is 1.75 bits per heavy atom. The van der Waals surface area contributed by atoms with E-state index in [1.165, 1.54) is 0 Å². The molecule has 0 aliphatic heterocycles. The quantitative estimate of drug-likeness (QED) is 0.550. The minimum Gasteiger partial charge on any atom is -0.396 e. The van der Waals surface area contributed by atoms with Gasteiger partial charge in [0.25, 0.3) is 0 Å². The van der Waals surface area contributed by atoms with E-state index >= 15 is 0 Å². The van der Waals surface area contributed by atoms with Crippen molar-refractivity contribution in [3.8, 4) is 0 Å². The molecule has 0 rings (SSSR count). The molecule has 0 fully saturated rings. The van der Waals surface area contributed by atoms with E-state index in [1.807, 2.05) is 0 Å². The van der Waals surface area contributed by atoms with Gasteiger partial charge in [-0.25, -0.2) is 0 Å². The summed E-state index contributed by atoms with van der Waals surface area (Å²) in [6.45, 7) is 1.80. The number of aliphatic hydroxyl groups excluding tert-OH is 1. The maximum absolute atomic E-state index is 8.60. The predicted molar refractivity (Wildman–Crippen MR) is 32.7 cm³/mol. The minimum absolute atomic E-state index is 0.0139. The molecule has 0 unspecified atom stereocenters. The van der Waals surface area contributed by atoms with Crippen LogP contribution in [0.25, 0.3) is 0 Å². The summed E-state index contributed by atoms with van der Waals surface area (Å²) < 4.78 is 9.81. The van der Waals surface area contributed by atoms with Gasteiger partial charge >= 0.3 is 8.56 Å². The first-order valence-corrected chi connectivity index (χ1v) is 4.92. The molecule has 0 saturated heterocycles. The zero-order valence-corrected chi connectivity index (χ0v) is 6.47. The Labute approximate surface area is 50.5 Å². The topological polar surface area (TPSA) is 38.7 Å². The summed E-state index contributed by atoms with van der Waals surface area (Å²) >= 11 is 0. The van der Waals surface area contributed by atoms with Crippen molar-refractivity contribution in [1.82, 2.24) is 0 Å². The molecule has 0 spiro atoms. The molecule has 50 valence electrons. The Kier molecular flexibility index (Phi) is 3.23. The molecule has 0 aromatic carbocycles. The van der Waals surface area contributed by atoms with Crippen LogP contribution >= 0.6 is 0 Å². The highest BCUT2D eigenvalue weighted by atomic mass is 28.4. The van der Waals surface area contributed by atoms with Gasteiger partial charge in [-0.15, -0.1) is 0 Å². The molecule has 0 aliphatic carbocycles. The van der Waals surface area contributed by atoms with Crippen molar-refractivity contribution in [2.75, 3.05) is 20.4 Å². The average Bonchev–Trinajstić information content (AvgIpc) is 1.87. The van der Waals surface area contributed by atoms with Crippen molar-refractivity contribution >= 4 is 8.56 Å². The molecular weight excluding hydrogens is 124 g/mol. The van der Waals surface area contributed by atoms with Gasteiger partial charge < -0.3 is 14.0 Å². The van der Waals surface area contributed by atoms with Gasteiger partial charge in [-0.2, -0.15) is 0 Å². The van der Waals surface area contributed by atoms with E-state index in [1.54, 1.807) is 20.8 Å². The summed E-state index contributed by atoms with van der Waals surface area (Å²) in [4.78, 5) is 0. The van der Waals surface area contributed by atoms with Crippen LogP contribution in [0.2, 0.25) is 6.55 Å². The number of hydrogen-bond donors (Lipinski definition) is 1. The van der Waals surface area contributed by atoms with Gasteiger partial charge in [-0.05, 0) is 6.55 Å². The molecule has 0 amide bonds. The van der Waals surface area contributed by atoms with Crippen LogP contribution in [0.1, 0.15) is 0 Å². The molecule has 0 aliphatic rings. The third kappa shape index (κ3) is 1.91. The summed E-state index contributed by atoms with van der Waals surface area (Å²) in [7, 11) is 0.979. The summed E-state index contributed by atoms with van der Waals surface area (Å²) in [5.74, 6) is 0. The smallest absolute Gasteiger partial charge is 0.360 e. The molecule has 0 aromatic heterocycles. The highest BCUT2D eigenvalue weighted by Gasteiger charge is 2.26. The van der Waals surface area contributed by atoms with E-state index < -0.39 is 8.56 Å². The van der Waals surface area contributed by atoms with E-state index in [9.17, 15) is 0 Å². The Morgan fingerprint density at radius 1 is 1.38 bits per heavy atom. The highest BCUT2D eigenvalue weighted by molar-refractivity contribution is 6.65. The van der Waals surface area contributed by atoms with E-state index in [2.05, 4.69) is 0 Å². The van der Waals surface area contributed by atoms with Crippen molar-refractivity contribution < 1.29 is 14.0 Å². The molecule has 3 nitrogen and oxygen atoms in total. The molecule has 0 heterocycles. The number of hydrogen-bond acceptors (Lipinski definition) is 3. The van der Waals surface area contributed by atoms with Crippen molar-refractivity contribution in [2.45, 2.75) is 6.55 Å². The predicted octanol–water partition coefficient (Wildman–Crippen LogP) is -0.117. The number of aliphatic hydroxyl groups is 1. The van der Waals surface area contributed by atoms with E-state index in [-0.39, 0.29) is 6.23 Å². The molecule has 0 atom stereocenters. The SMILES string of the molecule is CO[Si](C)(CO)OC. The zero-order valence-electron chi connectivity index (χ0n) is 5.47. The first-order valence-electron chi connectivity index (χ1n) is 2.39. The maximum atomic E-state index is 8.60. The Hall–Kier alpha value is 0.0969. The van der Waals surface area contributed by atoms with Crippen LogP contribution in [0.4, 0.5) is 0 Å². The molecule has 0 saturated carbocycles. The van der Waals surface area contributed by atoms with Crippen molar-refractivity contribution in [3.05, 3.63) is 0 Å². The highest BCUT2D eigenvalue weighted by Crippen LogP contribution is 2.00. The third-order valence-corrected chi connectivity index (χ3v) is 3.45. The monoisotopic (exact) mass is 136 g/mol. The standard InChI is InChI=1S/C4H12O3Si/c1-6-8(3,4-5)7-2/h5H,4H2,1-3H3. The lowest BCUT2D eigenvalue weighted by Gasteiger charge is -2.18. The van der Waals surface area contributed by atoms with Gasteiger partial charge in [0.2, 0.25) is 0 Å². The molecule has 4 heteroatoms. The molecule has 0 bridgehead atoms. The minimum atomic E-state index is -2.12. The fourth-order valence-electron chi connectivity index (χ4n) is 0.212. The second-order valence-electron chi connectivity index (χ2n) is 1.70. The molecular formula is C4H12O3Si. The van der Waals surface area contributed by atoms with Crippen LogP contribution in [-0.4, -0.2) is 34.1 Å². The third-order valence-electron chi connectivity index (χ3n) is 1.15. The first kappa shape index (κ1) is 8.10. The van der Waals surface area contributed by atoms with Crippen LogP contribution in [0.3, 0.4) is 0 Å². The van der Waals surface area contributed by atoms with Crippen LogP contribution in [0.5, 0.6) is 0 Å². The van der Waals surface area contributed by atoms with Gasteiger partial charge in [0, 0.05) is 14.2 Å². The summed E-state index contributed by atoms with van der Waals surface area (Å²) in [6, 6.07) is 0. The van der Waals surface area contributed by atoms with Gasteiger partial charge in [0.1, 0.15) is 0 Å². The lowest BCUT2D eigenvalue weighted by atomic mass is 11.7. The second-order valence-corrected chi connectivity index (χ2v) is 5.10. The molecule has 1 N–H and O–H groups in total. The van der Waals surface area contributed by atoms with Crippen LogP contribution in [-0.2, 0) is 8.85 Å². The Balaban J connectivity index is 3.58. The Bertz CT molecular complexity index is 54.0. The largest absolute Gasteiger partial charge is 0.396 e. The summed E-state index contributed by atoms with van der Waals surface area (Å²) in [5.41, 5.74) is 0. The van der Waals surface area contributed by atoms with E-state index in [0.717, 1.165) is 0 Å². The summed E-state index contributed by atoms with van der Waals surface area (Å²) in [5, 5.41) is 8.60. The van der Waals surface area contributed by atoms with Gasteiger partial charge in [-0.3, -0.25) is 0 Å². The molecule has 8 heavy (non-hydrogen) atoms. The van der Waals surface area contributed by atoms with Crippen molar-refractivity contribution in [3.63, 3.8) is 0 Å². The maximum Gasteiger partial charge on any atom is 0.360 e. The zero-order chi connectivity index (χ0) is 6.62.